The molecule has 2 nitrogen and oxygen atoms in total. The number of benzene rings is 2. The Kier molecular flexibility index (Phi) is 4.02. The first-order valence-electron chi connectivity index (χ1n) is 5.40. The molecule has 0 saturated carbocycles. The van der Waals surface area contributed by atoms with Gasteiger partial charge in [0, 0.05) is 22.7 Å². The van der Waals surface area contributed by atoms with Crippen molar-refractivity contribution in [3.05, 3.63) is 69.2 Å². The average Bonchev–Trinajstić information content (AvgIpc) is 2.41. The molecule has 0 spiro atoms. The molecule has 0 unspecified atom stereocenters. The molecule has 2 aromatic carbocycles. The van der Waals surface area contributed by atoms with Crippen molar-refractivity contribution in [2.75, 3.05) is 0 Å². The maximum Gasteiger partial charge on any atom is 0.194 e. The summed E-state index contributed by atoms with van der Waals surface area (Å²) in [5.41, 5.74) is 7.46. The van der Waals surface area contributed by atoms with E-state index in [-0.39, 0.29) is 5.78 Å². The van der Waals surface area contributed by atoms with E-state index in [1.807, 2.05) is 12.1 Å². The number of carbonyl (C=O) groups excluding carboxylic acids is 1. The lowest BCUT2D eigenvalue weighted by molar-refractivity contribution is 0.103. The van der Waals surface area contributed by atoms with Crippen LogP contribution in [0.4, 0.5) is 0 Å². The second kappa shape index (κ2) is 5.53. The summed E-state index contributed by atoms with van der Waals surface area (Å²) in [6.07, 6.45) is 0. The van der Waals surface area contributed by atoms with Gasteiger partial charge in [-0.25, -0.2) is 0 Å². The summed E-state index contributed by atoms with van der Waals surface area (Å²) < 4.78 is 0. The molecule has 2 aromatic rings. The third-order valence-electron chi connectivity index (χ3n) is 2.62. The first-order chi connectivity index (χ1) is 8.61. The van der Waals surface area contributed by atoms with Crippen LogP contribution >= 0.6 is 23.2 Å². The zero-order valence-corrected chi connectivity index (χ0v) is 11.0. The second-order valence-electron chi connectivity index (χ2n) is 3.85. The van der Waals surface area contributed by atoms with Crippen LogP contribution in [0.5, 0.6) is 0 Å². The van der Waals surface area contributed by atoms with Crippen LogP contribution in [0.25, 0.3) is 0 Å². The Morgan fingerprint density at radius 3 is 2.33 bits per heavy atom. The lowest BCUT2D eigenvalue weighted by atomic mass is 10.0. The molecule has 2 rings (SSSR count). The predicted molar refractivity (Wildman–Crippen MR) is 74.2 cm³/mol. The van der Waals surface area contributed by atoms with Crippen LogP contribution in [-0.4, -0.2) is 5.78 Å². The Bertz CT molecular complexity index is 579. The quantitative estimate of drug-likeness (QED) is 0.871. The van der Waals surface area contributed by atoms with Crippen molar-refractivity contribution in [1.29, 1.82) is 0 Å². The van der Waals surface area contributed by atoms with Crippen LogP contribution < -0.4 is 5.73 Å². The van der Waals surface area contributed by atoms with E-state index in [1.54, 1.807) is 30.3 Å². The van der Waals surface area contributed by atoms with E-state index in [2.05, 4.69) is 0 Å². The van der Waals surface area contributed by atoms with Gasteiger partial charge in [0.15, 0.2) is 5.78 Å². The molecule has 0 aromatic heterocycles. The lowest BCUT2D eigenvalue weighted by Gasteiger charge is -2.05. The summed E-state index contributed by atoms with van der Waals surface area (Å²) in [4.78, 5) is 12.2. The molecule has 0 atom stereocenters. The second-order valence-corrected chi connectivity index (χ2v) is 4.70. The fourth-order valence-corrected chi connectivity index (χ4v) is 1.99. The van der Waals surface area contributed by atoms with Gasteiger partial charge in [-0.05, 0) is 23.8 Å². The summed E-state index contributed by atoms with van der Waals surface area (Å²) in [5, 5.41) is 0.883. The maximum absolute atomic E-state index is 12.2. The van der Waals surface area contributed by atoms with Gasteiger partial charge in [0.2, 0.25) is 0 Å². The van der Waals surface area contributed by atoms with Gasteiger partial charge in [0.1, 0.15) is 0 Å². The monoisotopic (exact) mass is 279 g/mol. The van der Waals surface area contributed by atoms with Crippen LogP contribution in [0.15, 0.2) is 42.5 Å². The topological polar surface area (TPSA) is 43.1 Å². The summed E-state index contributed by atoms with van der Waals surface area (Å²) in [7, 11) is 0. The first kappa shape index (κ1) is 13.1. The molecule has 2 N–H and O–H groups in total. The molecule has 0 amide bonds. The van der Waals surface area contributed by atoms with Crippen LogP contribution in [0.2, 0.25) is 10.0 Å². The van der Waals surface area contributed by atoms with Crippen LogP contribution in [0, 0.1) is 0 Å². The Labute approximate surface area is 115 Å². The minimum Gasteiger partial charge on any atom is -0.326 e. The van der Waals surface area contributed by atoms with E-state index < -0.39 is 0 Å². The van der Waals surface area contributed by atoms with Gasteiger partial charge < -0.3 is 5.73 Å². The van der Waals surface area contributed by atoms with Crippen molar-refractivity contribution in [2.45, 2.75) is 6.54 Å². The van der Waals surface area contributed by atoms with Crippen molar-refractivity contribution in [2.24, 2.45) is 5.73 Å². The number of hydrogen-bond acceptors (Lipinski definition) is 2. The van der Waals surface area contributed by atoms with Gasteiger partial charge in [-0.15, -0.1) is 0 Å². The largest absolute Gasteiger partial charge is 0.326 e. The Hall–Kier alpha value is -1.35. The van der Waals surface area contributed by atoms with Gasteiger partial charge >= 0.3 is 0 Å². The highest BCUT2D eigenvalue weighted by atomic mass is 35.5. The van der Waals surface area contributed by atoms with Gasteiger partial charge in [0.05, 0.1) is 5.02 Å². The van der Waals surface area contributed by atoms with E-state index in [0.717, 1.165) is 5.56 Å². The molecule has 0 saturated heterocycles. The summed E-state index contributed by atoms with van der Waals surface area (Å²) in [6, 6.07) is 12.0. The molecular weight excluding hydrogens is 269 g/mol. The van der Waals surface area contributed by atoms with E-state index in [4.69, 9.17) is 28.9 Å². The Balaban J connectivity index is 2.38. The molecule has 0 heterocycles. The molecule has 4 heteroatoms. The zero-order chi connectivity index (χ0) is 13.1. The molecule has 0 aliphatic heterocycles. The smallest absolute Gasteiger partial charge is 0.194 e. The highest BCUT2D eigenvalue weighted by Gasteiger charge is 2.13. The minimum atomic E-state index is -0.147. The number of hydrogen-bond donors (Lipinski definition) is 1. The number of ketones is 1. The standard InChI is InChI=1S/C14H11Cl2NO/c15-11-5-6-13(16)12(7-11)14(18)10-3-1-9(8-17)2-4-10/h1-7H,8,17H2. The highest BCUT2D eigenvalue weighted by Crippen LogP contribution is 2.23. The third-order valence-corrected chi connectivity index (χ3v) is 3.19. The summed E-state index contributed by atoms with van der Waals surface area (Å²) in [6.45, 7) is 0.451. The van der Waals surface area contributed by atoms with Gasteiger partial charge in [-0.1, -0.05) is 47.5 Å². The third kappa shape index (κ3) is 2.72. The molecule has 0 aliphatic carbocycles. The molecule has 92 valence electrons. The molecule has 0 radical (unpaired) electrons. The lowest BCUT2D eigenvalue weighted by Crippen LogP contribution is -2.03. The Morgan fingerprint density at radius 1 is 1.06 bits per heavy atom. The van der Waals surface area contributed by atoms with Crippen LogP contribution in [0.1, 0.15) is 21.5 Å². The number of nitrogens with two attached hydrogens (primary N) is 1. The first-order valence-corrected chi connectivity index (χ1v) is 6.16. The number of rotatable bonds is 3. The van der Waals surface area contributed by atoms with Crippen molar-refractivity contribution in [3.63, 3.8) is 0 Å². The van der Waals surface area contributed by atoms with E-state index in [9.17, 15) is 4.79 Å². The molecule has 0 aliphatic rings. The molecule has 18 heavy (non-hydrogen) atoms. The van der Waals surface area contributed by atoms with Gasteiger partial charge in [0.25, 0.3) is 0 Å². The maximum atomic E-state index is 12.2. The van der Waals surface area contributed by atoms with Crippen molar-refractivity contribution in [3.8, 4) is 0 Å². The summed E-state index contributed by atoms with van der Waals surface area (Å²) >= 11 is 11.9. The average molecular weight is 280 g/mol. The van der Waals surface area contributed by atoms with E-state index in [1.165, 1.54) is 0 Å². The van der Waals surface area contributed by atoms with Gasteiger partial charge in [-0.2, -0.15) is 0 Å². The molecular formula is C14H11Cl2NO. The molecule has 0 fully saturated rings. The predicted octanol–water partition coefficient (Wildman–Crippen LogP) is 3.68. The van der Waals surface area contributed by atoms with E-state index >= 15 is 0 Å². The minimum absolute atomic E-state index is 0.147. The number of carbonyl (C=O) groups is 1. The van der Waals surface area contributed by atoms with Crippen molar-refractivity contribution >= 4 is 29.0 Å². The summed E-state index contributed by atoms with van der Waals surface area (Å²) in [5.74, 6) is -0.147. The molecule has 0 bridgehead atoms. The van der Waals surface area contributed by atoms with Crippen LogP contribution in [-0.2, 0) is 6.54 Å². The fraction of sp³-hybridized carbons (Fsp3) is 0.0714. The van der Waals surface area contributed by atoms with E-state index in [0.29, 0.717) is 27.7 Å². The normalized spacial score (nSPS) is 10.4. The fourth-order valence-electron chi connectivity index (χ4n) is 1.62. The SMILES string of the molecule is NCc1ccc(C(=O)c2cc(Cl)ccc2Cl)cc1. The zero-order valence-electron chi connectivity index (χ0n) is 9.49. The van der Waals surface area contributed by atoms with Crippen molar-refractivity contribution < 1.29 is 4.79 Å². The van der Waals surface area contributed by atoms with Crippen LogP contribution in [0.3, 0.4) is 0 Å². The number of halogens is 2. The van der Waals surface area contributed by atoms with Crippen molar-refractivity contribution in [1.82, 2.24) is 0 Å². The van der Waals surface area contributed by atoms with Gasteiger partial charge in [-0.3, -0.25) is 4.79 Å². The Morgan fingerprint density at radius 2 is 1.72 bits per heavy atom. The highest BCUT2D eigenvalue weighted by molar-refractivity contribution is 6.36.